The van der Waals surface area contributed by atoms with Crippen LogP contribution >= 0.6 is 0 Å². The second-order valence-corrected chi connectivity index (χ2v) is 12.1. The predicted molar refractivity (Wildman–Crippen MR) is 145 cm³/mol. The van der Waals surface area contributed by atoms with Crippen LogP contribution in [0.3, 0.4) is 0 Å². The summed E-state index contributed by atoms with van der Waals surface area (Å²) in [4.78, 5) is 15.0. The summed E-state index contributed by atoms with van der Waals surface area (Å²) >= 11 is 0. The van der Waals surface area contributed by atoms with Gasteiger partial charge in [0.15, 0.2) is 6.21 Å². The van der Waals surface area contributed by atoms with E-state index in [4.69, 9.17) is 15.9 Å². The molecule has 4 rings (SSSR count). The molecule has 1 amide bonds. The Morgan fingerprint density at radius 1 is 1.07 bits per heavy atom. The number of rotatable bonds is 12. The van der Waals surface area contributed by atoms with Gasteiger partial charge < -0.3 is 20.7 Å². The molecule has 1 aliphatic carbocycles. The lowest BCUT2D eigenvalue weighted by Gasteiger charge is -2.35. The molecule has 1 saturated heterocycles. The van der Waals surface area contributed by atoms with E-state index >= 15 is 0 Å². The van der Waals surface area contributed by atoms with Crippen LogP contribution in [0.4, 0.5) is 24.5 Å². The second-order valence-electron chi connectivity index (χ2n) is 10.1. The van der Waals surface area contributed by atoms with Gasteiger partial charge >= 0.3 is 0 Å². The number of nitrogens with zero attached hydrogens (tertiary/aromatic N) is 2. The number of benzene rings is 2. The van der Waals surface area contributed by atoms with Gasteiger partial charge in [0.05, 0.1) is 19.0 Å². The minimum atomic E-state index is -3.63. The number of alkyl halides is 1. The van der Waals surface area contributed by atoms with E-state index in [-0.39, 0.29) is 67.5 Å². The number of carbonyl (C=O) groups is 1. The lowest BCUT2D eigenvalue weighted by Crippen LogP contribution is -2.50. The smallest absolute Gasteiger partial charge is 0.293 e. The van der Waals surface area contributed by atoms with Gasteiger partial charge in [-0.05, 0) is 49.1 Å². The molecule has 40 heavy (non-hydrogen) atoms. The number of hydrogen-bond donors (Lipinski definition) is 3. The van der Waals surface area contributed by atoms with E-state index in [1.807, 2.05) is 0 Å². The van der Waals surface area contributed by atoms with Crippen LogP contribution in [0.2, 0.25) is 0 Å². The maximum absolute atomic E-state index is 13.7. The molecule has 2 aromatic carbocycles. The van der Waals surface area contributed by atoms with E-state index in [1.165, 1.54) is 10.5 Å². The van der Waals surface area contributed by atoms with Gasteiger partial charge in [0.2, 0.25) is 15.8 Å². The summed E-state index contributed by atoms with van der Waals surface area (Å²) in [6.07, 6.45) is 2.94. The van der Waals surface area contributed by atoms with Gasteiger partial charge in [0.25, 0.3) is 5.91 Å². The van der Waals surface area contributed by atoms with Crippen molar-refractivity contribution < 1.29 is 36.5 Å². The highest BCUT2D eigenvalue weighted by Gasteiger charge is 2.44. The molecule has 13 heteroatoms. The minimum absolute atomic E-state index is 0.0600. The molecular weight excluding hydrogens is 547 g/mol. The summed E-state index contributed by atoms with van der Waals surface area (Å²) in [7, 11) is -3.63. The van der Waals surface area contributed by atoms with Crippen molar-refractivity contribution in [2.45, 2.75) is 25.0 Å². The third-order valence-corrected chi connectivity index (χ3v) is 8.97. The minimum Gasteiger partial charge on any atom is -0.486 e. The summed E-state index contributed by atoms with van der Waals surface area (Å²) in [6, 6.07) is 9.20. The first-order valence-corrected chi connectivity index (χ1v) is 14.5. The van der Waals surface area contributed by atoms with Crippen LogP contribution in [0.5, 0.6) is 0 Å². The zero-order chi connectivity index (χ0) is 28.9. The molecule has 2 aromatic rings. The average molecular weight is 581 g/mol. The number of ether oxygens (including phenoxy) is 1. The molecule has 216 valence electrons. The van der Waals surface area contributed by atoms with Gasteiger partial charge in [-0.2, -0.15) is 4.31 Å². The zero-order valence-corrected chi connectivity index (χ0v) is 22.7. The van der Waals surface area contributed by atoms with Crippen molar-refractivity contribution in [3.63, 3.8) is 0 Å². The van der Waals surface area contributed by atoms with Crippen molar-refractivity contribution in [3.8, 4) is 0 Å². The molecule has 0 unspecified atom stereocenters. The van der Waals surface area contributed by atoms with Gasteiger partial charge in [0, 0.05) is 49.0 Å². The Morgan fingerprint density at radius 3 is 2.25 bits per heavy atom. The fraction of sp³-hybridized carbons (Fsp3) is 0.407. The Morgan fingerprint density at radius 2 is 1.70 bits per heavy atom. The number of sulfonamides is 1. The third-order valence-electron chi connectivity index (χ3n) is 7.12. The first-order valence-electron chi connectivity index (χ1n) is 12.9. The van der Waals surface area contributed by atoms with Crippen molar-refractivity contribution in [2.75, 3.05) is 50.5 Å². The molecule has 9 nitrogen and oxygen atoms in total. The highest BCUT2D eigenvalue weighted by atomic mass is 32.2. The number of nitrogens with one attached hydrogen (secondary N) is 1. The van der Waals surface area contributed by atoms with Crippen LogP contribution in [0.1, 0.15) is 24.8 Å². The molecule has 1 aliphatic heterocycles. The fourth-order valence-electron chi connectivity index (χ4n) is 4.59. The van der Waals surface area contributed by atoms with Crippen LogP contribution in [0.15, 0.2) is 53.9 Å². The van der Waals surface area contributed by atoms with E-state index < -0.39 is 34.2 Å². The largest absolute Gasteiger partial charge is 0.486 e. The number of anilines is 2. The maximum atomic E-state index is 13.7. The molecular formula is C27H33F3N5O4S+. The highest BCUT2D eigenvalue weighted by molar-refractivity contribution is 7.88. The summed E-state index contributed by atoms with van der Waals surface area (Å²) < 4.78 is 73.8. The van der Waals surface area contributed by atoms with E-state index in [0.717, 1.165) is 25.0 Å². The second kappa shape index (κ2) is 12.3. The Labute approximate surface area is 231 Å². The van der Waals surface area contributed by atoms with Gasteiger partial charge in [-0.25, -0.2) is 17.2 Å². The topological polar surface area (TPSA) is 131 Å². The summed E-state index contributed by atoms with van der Waals surface area (Å²) in [5, 5.41) is 8.36. The zero-order valence-electron chi connectivity index (χ0n) is 21.9. The average Bonchev–Trinajstić information content (AvgIpc) is 3.67. The third kappa shape index (κ3) is 7.33. The lowest BCUT2D eigenvalue weighted by molar-refractivity contribution is -0.117. The SMILES string of the molecule is Nc1ccc(CS(=O)(=O)N2CCN(/C(C=[NH2+])=C(\OCC3(CCF)CC3)C(=O)Nc3cc(F)cc(F)c3)CC2)cc1. The van der Waals surface area contributed by atoms with Gasteiger partial charge in [0.1, 0.15) is 17.3 Å². The van der Waals surface area contributed by atoms with Gasteiger partial charge in [-0.1, -0.05) is 12.1 Å². The number of piperazine rings is 1. The Kier molecular flexibility index (Phi) is 9.04. The molecule has 5 N–H and O–H groups in total. The summed E-state index contributed by atoms with van der Waals surface area (Å²) in [5.74, 6) is -2.92. The molecule has 0 radical (unpaired) electrons. The summed E-state index contributed by atoms with van der Waals surface area (Å²) in [6.45, 7) is 0.196. The molecule has 1 heterocycles. The van der Waals surface area contributed by atoms with Gasteiger partial charge in [-0.15, -0.1) is 0 Å². The first-order chi connectivity index (χ1) is 19.0. The number of halogens is 3. The van der Waals surface area contributed by atoms with Crippen LogP contribution in [-0.4, -0.2) is 69.2 Å². The van der Waals surface area contributed by atoms with E-state index in [0.29, 0.717) is 17.3 Å². The molecule has 0 aromatic heterocycles. The van der Waals surface area contributed by atoms with Crippen molar-refractivity contribution in [1.82, 2.24) is 9.21 Å². The quantitative estimate of drug-likeness (QED) is 0.152. The Hall–Kier alpha value is -3.58. The molecule has 0 bridgehead atoms. The van der Waals surface area contributed by atoms with Crippen molar-refractivity contribution in [2.24, 2.45) is 5.41 Å². The van der Waals surface area contributed by atoms with E-state index in [9.17, 15) is 26.4 Å². The lowest BCUT2D eigenvalue weighted by atomic mass is 10.1. The Balaban J connectivity index is 1.52. The number of carbonyl (C=O) groups excluding carboxylic acids is 1. The van der Waals surface area contributed by atoms with Crippen molar-refractivity contribution in [1.29, 1.82) is 0 Å². The number of nitrogens with two attached hydrogens (primary N) is 2. The standard InChI is InChI=1S/C27H32F3N5O4S/c28-8-7-27(5-6-27)18-39-25(26(36)33-23-14-20(29)13-21(30)15-23)24(16-31)34-9-11-35(12-10-34)40(37,38)17-19-1-3-22(32)4-2-19/h1-4,13-16,31H,5-12,17-18,32H2,(H,33,36)/p+1/b25-24-,31-16?. The van der Waals surface area contributed by atoms with E-state index in [1.54, 1.807) is 29.2 Å². The summed E-state index contributed by atoms with van der Waals surface area (Å²) in [5.41, 5.74) is 6.51. The normalized spacial score (nSPS) is 17.6. The van der Waals surface area contributed by atoms with Crippen molar-refractivity contribution in [3.05, 3.63) is 71.1 Å². The molecule has 1 saturated carbocycles. The van der Waals surface area contributed by atoms with E-state index in [2.05, 4.69) is 5.32 Å². The molecule has 0 spiro atoms. The molecule has 0 atom stereocenters. The molecule has 2 fully saturated rings. The van der Waals surface area contributed by atoms with Crippen LogP contribution < -0.4 is 16.5 Å². The maximum Gasteiger partial charge on any atom is 0.293 e. The fourth-order valence-corrected chi connectivity index (χ4v) is 6.10. The monoisotopic (exact) mass is 580 g/mol. The van der Waals surface area contributed by atoms with Crippen LogP contribution in [0, 0.1) is 17.0 Å². The number of amides is 1. The number of hydrogen-bond acceptors (Lipinski definition) is 6. The van der Waals surface area contributed by atoms with Crippen LogP contribution in [-0.2, 0) is 25.3 Å². The van der Waals surface area contributed by atoms with Gasteiger partial charge in [-0.3, -0.25) is 14.6 Å². The number of allylic oxidation sites excluding steroid dienone is 1. The predicted octanol–water partition coefficient (Wildman–Crippen LogP) is 1.83. The first kappa shape index (κ1) is 29.4. The van der Waals surface area contributed by atoms with Crippen molar-refractivity contribution >= 4 is 33.5 Å². The molecule has 2 aliphatic rings. The van der Waals surface area contributed by atoms with Crippen LogP contribution in [0.25, 0.3) is 0 Å². The Bertz CT molecular complexity index is 1350. The highest BCUT2D eigenvalue weighted by Crippen LogP contribution is 2.49. The number of nitrogen functional groups attached to an aromatic ring is 1.